The summed E-state index contributed by atoms with van der Waals surface area (Å²) < 4.78 is 24.4. The van der Waals surface area contributed by atoms with E-state index in [0.29, 0.717) is 11.3 Å². The zero-order valence-electron chi connectivity index (χ0n) is 12.4. The minimum atomic E-state index is -3.17. The van der Waals surface area contributed by atoms with Gasteiger partial charge in [0.25, 0.3) is 0 Å². The Morgan fingerprint density at radius 2 is 2.10 bits per heavy atom. The van der Waals surface area contributed by atoms with Crippen LogP contribution in [-0.2, 0) is 16.3 Å². The van der Waals surface area contributed by atoms with Crippen molar-refractivity contribution in [2.75, 3.05) is 5.75 Å². The van der Waals surface area contributed by atoms with Crippen molar-refractivity contribution in [3.05, 3.63) is 41.7 Å². The standard InChI is InChI=1S/C15H21N3O2S/c1-3-8-21(19,20)15-7-5-6-13(10-15)12(4-2)9-14-11-16-18-17-14/h5-7,10-12H,3-4,8-9H2,1-2H3,(H,16,17,18). The molecule has 2 aromatic rings. The summed E-state index contributed by atoms with van der Waals surface area (Å²) in [6.07, 6.45) is 4.01. The van der Waals surface area contributed by atoms with Crippen LogP contribution < -0.4 is 0 Å². The predicted octanol–water partition coefficient (Wildman–Crippen LogP) is 2.72. The molecule has 0 bridgehead atoms. The molecule has 0 saturated carbocycles. The maximum atomic E-state index is 12.2. The van der Waals surface area contributed by atoms with E-state index in [0.717, 1.165) is 24.1 Å². The van der Waals surface area contributed by atoms with Gasteiger partial charge in [0.2, 0.25) is 0 Å². The molecule has 0 spiro atoms. The molecule has 0 fully saturated rings. The summed E-state index contributed by atoms with van der Waals surface area (Å²) in [6, 6.07) is 7.29. The Morgan fingerprint density at radius 3 is 2.71 bits per heavy atom. The average molecular weight is 307 g/mol. The van der Waals surface area contributed by atoms with Gasteiger partial charge in [0.05, 0.1) is 22.5 Å². The normalized spacial score (nSPS) is 13.2. The Balaban J connectivity index is 2.26. The van der Waals surface area contributed by atoms with Crippen molar-refractivity contribution in [1.29, 1.82) is 0 Å². The highest BCUT2D eigenvalue weighted by Crippen LogP contribution is 2.26. The topological polar surface area (TPSA) is 75.7 Å². The first-order valence-corrected chi connectivity index (χ1v) is 8.89. The third kappa shape index (κ3) is 3.91. The van der Waals surface area contributed by atoms with Crippen molar-refractivity contribution in [3.63, 3.8) is 0 Å². The summed E-state index contributed by atoms with van der Waals surface area (Å²) in [6.45, 7) is 3.97. The summed E-state index contributed by atoms with van der Waals surface area (Å²) in [4.78, 5) is 0.417. The highest BCUT2D eigenvalue weighted by molar-refractivity contribution is 7.91. The molecule has 0 aliphatic rings. The van der Waals surface area contributed by atoms with E-state index < -0.39 is 9.84 Å². The lowest BCUT2D eigenvalue weighted by molar-refractivity contribution is 0.593. The van der Waals surface area contributed by atoms with Crippen LogP contribution in [0.15, 0.2) is 35.4 Å². The molecule has 0 aliphatic heterocycles. The number of rotatable bonds is 7. The van der Waals surface area contributed by atoms with Gasteiger partial charge in [-0.1, -0.05) is 26.0 Å². The molecule has 1 aromatic heterocycles. The van der Waals surface area contributed by atoms with Crippen molar-refractivity contribution in [2.24, 2.45) is 0 Å². The van der Waals surface area contributed by atoms with Gasteiger partial charge < -0.3 is 0 Å². The fraction of sp³-hybridized carbons (Fsp3) is 0.467. The second-order valence-corrected chi connectivity index (χ2v) is 7.27. The van der Waals surface area contributed by atoms with Crippen molar-refractivity contribution in [3.8, 4) is 0 Å². The Kier molecular flexibility index (Phi) is 5.12. The highest BCUT2D eigenvalue weighted by Gasteiger charge is 2.17. The maximum Gasteiger partial charge on any atom is 0.178 e. The Hall–Kier alpha value is -1.69. The van der Waals surface area contributed by atoms with Gasteiger partial charge in [0.15, 0.2) is 9.84 Å². The first-order chi connectivity index (χ1) is 10.1. The Labute approximate surface area is 125 Å². The van der Waals surface area contributed by atoms with Gasteiger partial charge in [0.1, 0.15) is 0 Å². The van der Waals surface area contributed by atoms with E-state index in [2.05, 4.69) is 22.3 Å². The molecule has 1 aromatic carbocycles. The molecule has 1 unspecified atom stereocenters. The van der Waals surface area contributed by atoms with E-state index in [1.807, 2.05) is 19.1 Å². The number of aromatic nitrogens is 3. The van der Waals surface area contributed by atoms with E-state index in [1.54, 1.807) is 18.3 Å². The van der Waals surface area contributed by atoms with Crippen LogP contribution in [0.3, 0.4) is 0 Å². The molecule has 1 atom stereocenters. The molecule has 1 N–H and O–H groups in total. The lowest BCUT2D eigenvalue weighted by Gasteiger charge is -2.15. The monoisotopic (exact) mass is 307 g/mol. The molecule has 0 amide bonds. The van der Waals surface area contributed by atoms with Crippen molar-refractivity contribution in [2.45, 2.75) is 43.9 Å². The molecule has 1 heterocycles. The third-order valence-electron chi connectivity index (χ3n) is 3.57. The molecule has 114 valence electrons. The van der Waals surface area contributed by atoms with Gasteiger partial charge in [-0.2, -0.15) is 15.4 Å². The number of nitrogens with zero attached hydrogens (tertiary/aromatic N) is 2. The molecule has 0 radical (unpaired) electrons. The van der Waals surface area contributed by atoms with Crippen molar-refractivity contribution in [1.82, 2.24) is 15.4 Å². The minimum Gasteiger partial charge on any atom is -0.224 e. The van der Waals surface area contributed by atoms with Crippen LogP contribution in [-0.4, -0.2) is 29.6 Å². The number of aromatic amines is 1. The number of hydrogen-bond donors (Lipinski definition) is 1. The van der Waals surface area contributed by atoms with Gasteiger partial charge >= 0.3 is 0 Å². The van der Waals surface area contributed by atoms with Gasteiger partial charge in [0, 0.05) is 0 Å². The number of benzene rings is 1. The minimum absolute atomic E-state index is 0.191. The highest BCUT2D eigenvalue weighted by atomic mass is 32.2. The summed E-state index contributed by atoms with van der Waals surface area (Å²) in [5.41, 5.74) is 1.93. The first-order valence-electron chi connectivity index (χ1n) is 7.24. The maximum absolute atomic E-state index is 12.2. The molecule has 5 nitrogen and oxygen atoms in total. The molecule has 21 heavy (non-hydrogen) atoms. The van der Waals surface area contributed by atoms with Crippen LogP contribution in [0.1, 0.15) is 43.9 Å². The number of hydrogen-bond acceptors (Lipinski definition) is 4. The van der Waals surface area contributed by atoms with Gasteiger partial charge in [-0.3, -0.25) is 0 Å². The van der Waals surface area contributed by atoms with Crippen LogP contribution in [0.25, 0.3) is 0 Å². The number of sulfone groups is 1. The van der Waals surface area contributed by atoms with Gasteiger partial charge in [-0.05, 0) is 42.9 Å². The lowest BCUT2D eigenvalue weighted by Crippen LogP contribution is -2.08. The van der Waals surface area contributed by atoms with Crippen LogP contribution in [0, 0.1) is 0 Å². The number of nitrogens with one attached hydrogen (secondary N) is 1. The summed E-state index contributed by atoms with van der Waals surface area (Å²) in [5, 5.41) is 10.5. The van der Waals surface area contributed by atoms with Crippen LogP contribution in [0.4, 0.5) is 0 Å². The van der Waals surface area contributed by atoms with Crippen molar-refractivity contribution >= 4 is 9.84 Å². The average Bonchev–Trinajstić information content (AvgIpc) is 2.98. The quantitative estimate of drug-likeness (QED) is 0.853. The Morgan fingerprint density at radius 1 is 1.29 bits per heavy atom. The summed E-state index contributed by atoms with van der Waals surface area (Å²) in [7, 11) is -3.17. The van der Waals surface area contributed by atoms with E-state index in [-0.39, 0.29) is 11.7 Å². The van der Waals surface area contributed by atoms with E-state index in [1.165, 1.54) is 0 Å². The van der Waals surface area contributed by atoms with Crippen molar-refractivity contribution < 1.29 is 8.42 Å². The second-order valence-electron chi connectivity index (χ2n) is 5.16. The second kappa shape index (κ2) is 6.85. The fourth-order valence-electron chi connectivity index (χ4n) is 2.42. The SMILES string of the molecule is CCCS(=O)(=O)c1cccc(C(CC)Cc2cn[nH]n2)c1. The molecule has 2 rings (SSSR count). The van der Waals surface area contributed by atoms with E-state index in [9.17, 15) is 8.42 Å². The van der Waals surface area contributed by atoms with Gasteiger partial charge in [-0.25, -0.2) is 8.42 Å². The third-order valence-corrected chi connectivity index (χ3v) is 5.49. The lowest BCUT2D eigenvalue weighted by atomic mass is 9.92. The number of H-pyrrole nitrogens is 1. The van der Waals surface area contributed by atoms with Crippen LogP contribution in [0.2, 0.25) is 0 Å². The van der Waals surface area contributed by atoms with E-state index in [4.69, 9.17) is 0 Å². The van der Waals surface area contributed by atoms with Crippen LogP contribution >= 0.6 is 0 Å². The first kappa shape index (κ1) is 15.7. The van der Waals surface area contributed by atoms with Gasteiger partial charge in [-0.15, -0.1) is 0 Å². The zero-order chi connectivity index (χ0) is 15.3. The fourth-order valence-corrected chi connectivity index (χ4v) is 3.80. The predicted molar refractivity (Wildman–Crippen MR) is 81.9 cm³/mol. The molecular weight excluding hydrogens is 286 g/mol. The summed E-state index contributed by atoms with van der Waals surface area (Å²) in [5.74, 6) is 0.433. The smallest absolute Gasteiger partial charge is 0.178 e. The molecule has 6 heteroatoms. The Bertz CT molecular complexity index is 666. The van der Waals surface area contributed by atoms with E-state index >= 15 is 0 Å². The largest absolute Gasteiger partial charge is 0.224 e. The molecule has 0 saturated heterocycles. The zero-order valence-corrected chi connectivity index (χ0v) is 13.2. The molecular formula is C15H21N3O2S. The molecule has 0 aliphatic carbocycles. The summed E-state index contributed by atoms with van der Waals surface area (Å²) >= 11 is 0. The van der Waals surface area contributed by atoms with Crippen LogP contribution in [0.5, 0.6) is 0 Å².